The molecule has 0 aliphatic heterocycles. The van der Waals surface area contributed by atoms with Gasteiger partial charge in [-0.3, -0.25) is 4.79 Å². The number of hydrogen-bond donors (Lipinski definition) is 0. The predicted octanol–water partition coefficient (Wildman–Crippen LogP) is 2.28. The van der Waals surface area contributed by atoms with Gasteiger partial charge in [-0.05, 0) is 11.5 Å². The Hall–Kier alpha value is -1.58. The highest BCUT2D eigenvalue weighted by Gasteiger charge is 2.16. The van der Waals surface area contributed by atoms with E-state index in [4.69, 9.17) is 0 Å². The lowest BCUT2D eigenvalue weighted by molar-refractivity contribution is -0.121. The summed E-state index contributed by atoms with van der Waals surface area (Å²) in [6.07, 6.45) is 3.87. The molecule has 0 saturated carbocycles. The molecule has 0 aromatic carbocycles. The Bertz CT molecular complexity index is 413. The van der Waals surface area contributed by atoms with Crippen molar-refractivity contribution in [3.63, 3.8) is 0 Å². The molecule has 0 aliphatic rings. The van der Waals surface area contributed by atoms with Gasteiger partial charge in [0.25, 0.3) is 0 Å². The van der Waals surface area contributed by atoms with Gasteiger partial charge in [-0.15, -0.1) is 0 Å². The fraction of sp³-hybridized carbons (Fsp3) is 0.538. The van der Waals surface area contributed by atoms with E-state index in [1.165, 1.54) is 7.11 Å². The predicted molar refractivity (Wildman–Crippen MR) is 64.9 cm³/mol. The molecule has 4 heteroatoms. The number of ketones is 1. The van der Waals surface area contributed by atoms with Gasteiger partial charge in [0.1, 0.15) is 0 Å². The second kappa shape index (κ2) is 5.17. The van der Waals surface area contributed by atoms with Crippen molar-refractivity contribution < 1.29 is 14.3 Å². The van der Waals surface area contributed by atoms with E-state index < -0.39 is 0 Å². The second-order valence-corrected chi connectivity index (χ2v) is 5.34. The zero-order chi connectivity index (χ0) is 13.1. The van der Waals surface area contributed by atoms with Crippen LogP contribution < -0.4 is 0 Å². The largest absolute Gasteiger partial charge is 0.465 e. The number of esters is 1. The summed E-state index contributed by atoms with van der Waals surface area (Å²) in [6, 6.07) is 1.65. The maximum absolute atomic E-state index is 11.7. The van der Waals surface area contributed by atoms with Crippen LogP contribution in [0.15, 0.2) is 18.5 Å². The van der Waals surface area contributed by atoms with Crippen LogP contribution in [0.3, 0.4) is 0 Å². The number of aromatic nitrogens is 1. The molecule has 17 heavy (non-hydrogen) atoms. The number of rotatable bonds is 4. The lowest BCUT2D eigenvalue weighted by Gasteiger charge is -2.16. The summed E-state index contributed by atoms with van der Waals surface area (Å²) in [4.78, 5) is 23.0. The summed E-state index contributed by atoms with van der Waals surface area (Å²) in [5.74, 6) is -0.225. The van der Waals surface area contributed by atoms with E-state index in [2.05, 4.69) is 4.74 Å². The zero-order valence-electron chi connectivity index (χ0n) is 10.8. The van der Waals surface area contributed by atoms with Crippen molar-refractivity contribution in [2.75, 3.05) is 7.11 Å². The number of Topliss-reactive ketones (excluding diaryl/α,β-unsaturated/α-hetero) is 1. The number of carbonyl (C=O) groups is 2. The Morgan fingerprint density at radius 2 is 2.00 bits per heavy atom. The van der Waals surface area contributed by atoms with Crippen LogP contribution in [0.5, 0.6) is 0 Å². The molecule has 0 amide bonds. The molecule has 1 rings (SSSR count). The molecule has 1 aromatic heterocycles. The topological polar surface area (TPSA) is 48.3 Å². The number of methoxy groups -OCH3 is 1. The molecular weight excluding hydrogens is 218 g/mol. The van der Waals surface area contributed by atoms with Crippen molar-refractivity contribution in [1.29, 1.82) is 0 Å². The number of ether oxygens (including phenoxy) is 1. The smallest absolute Gasteiger partial charge is 0.339 e. The molecule has 4 nitrogen and oxygen atoms in total. The Morgan fingerprint density at radius 3 is 2.53 bits per heavy atom. The first kappa shape index (κ1) is 13.5. The summed E-state index contributed by atoms with van der Waals surface area (Å²) in [6.45, 7) is 6.38. The number of hydrogen-bond acceptors (Lipinski definition) is 3. The Kier molecular flexibility index (Phi) is 4.10. The molecule has 0 saturated heterocycles. The first-order chi connectivity index (χ1) is 7.81. The minimum atomic E-state index is -0.382. The minimum absolute atomic E-state index is 0.00455. The van der Waals surface area contributed by atoms with Crippen molar-refractivity contribution in [2.45, 2.75) is 33.7 Å². The van der Waals surface area contributed by atoms with E-state index >= 15 is 0 Å². The molecule has 0 radical (unpaired) electrons. The van der Waals surface area contributed by atoms with Gasteiger partial charge in [-0.2, -0.15) is 0 Å². The van der Waals surface area contributed by atoms with Gasteiger partial charge < -0.3 is 9.30 Å². The van der Waals surface area contributed by atoms with Crippen molar-refractivity contribution in [2.24, 2.45) is 5.41 Å². The minimum Gasteiger partial charge on any atom is -0.465 e. The maximum atomic E-state index is 11.7. The van der Waals surface area contributed by atoms with Gasteiger partial charge in [-0.1, -0.05) is 20.8 Å². The molecular formula is C13H19NO3. The van der Waals surface area contributed by atoms with Gasteiger partial charge in [0.15, 0.2) is 5.78 Å². The summed E-state index contributed by atoms with van der Waals surface area (Å²) < 4.78 is 6.31. The lowest BCUT2D eigenvalue weighted by Crippen LogP contribution is -2.17. The SMILES string of the molecule is COC(=O)c1ccn(CC(=O)CC(C)(C)C)c1. The summed E-state index contributed by atoms with van der Waals surface area (Å²) in [5.41, 5.74) is 0.464. The van der Waals surface area contributed by atoms with Gasteiger partial charge in [0.05, 0.1) is 19.2 Å². The molecule has 0 atom stereocenters. The molecule has 94 valence electrons. The Morgan fingerprint density at radius 1 is 1.35 bits per heavy atom. The fourth-order valence-electron chi connectivity index (χ4n) is 1.63. The van der Waals surface area contributed by atoms with Crippen molar-refractivity contribution in [1.82, 2.24) is 4.57 Å². The van der Waals surface area contributed by atoms with Crippen molar-refractivity contribution in [3.05, 3.63) is 24.0 Å². The monoisotopic (exact) mass is 237 g/mol. The fourth-order valence-corrected chi connectivity index (χ4v) is 1.63. The first-order valence-corrected chi connectivity index (χ1v) is 5.57. The highest BCUT2D eigenvalue weighted by molar-refractivity contribution is 5.89. The van der Waals surface area contributed by atoms with Gasteiger partial charge in [0, 0.05) is 18.8 Å². The van der Waals surface area contributed by atoms with E-state index in [0.717, 1.165) is 0 Å². The van der Waals surface area contributed by atoms with Crippen LogP contribution in [-0.2, 0) is 16.1 Å². The second-order valence-electron chi connectivity index (χ2n) is 5.34. The summed E-state index contributed by atoms with van der Waals surface area (Å²) in [5, 5.41) is 0. The van der Waals surface area contributed by atoms with E-state index in [1.807, 2.05) is 20.8 Å². The van der Waals surface area contributed by atoms with Gasteiger partial charge in [-0.25, -0.2) is 4.79 Å². The van der Waals surface area contributed by atoms with Crippen molar-refractivity contribution >= 4 is 11.8 Å². The Labute approximate surface area is 102 Å². The molecule has 0 unspecified atom stereocenters. The average molecular weight is 237 g/mol. The third kappa shape index (κ3) is 4.43. The molecule has 0 fully saturated rings. The Balaban J connectivity index is 2.61. The zero-order valence-corrected chi connectivity index (χ0v) is 10.8. The lowest BCUT2D eigenvalue weighted by atomic mass is 9.90. The molecule has 1 heterocycles. The van der Waals surface area contributed by atoms with Crippen molar-refractivity contribution in [3.8, 4) is 0 Å². The third-order valence-electron chi connectivity index (χ3n) is 2.26. The first-order valence-electron chi connectivity index (χ1n) is 5.57. The average Bonchev–Trinajstić information content (AvgIpc) is 2.62. The van der Waals surface area contributed by atoms with E-state index in [9.17, 15) is 9.59 Å². The molecule has 0 spiro atoms. The summed E-state index contributed by atoms with van der Waals surface area (Å²) in [7, 11) is 1.34. The highest BCUT2D eigenvalue weighted by Crippen LogP contribution is 2.19. The van der Waals surface area contributed by atoms with Crippen LogP contribution in [0.4, 0.5) is 0 Å². The number of carbonyl (C=O) groups excluding carboxylic acids is 2. The number of nitrogens with zero attached hydrogens (tertiary/aromatic N) is 1. The highest BCUT2D eigenvalue weighted by atomic mass is 16.5. The molecule has 0 N–H and O–H groups in total. The van der Waals surface area contributed by atoms with Crippen LogP contribution in [0.25, 0.3) is 0 Å². The van der Waals surface area contributed by atoms with Crippen LogP contribution in [0.2, 0.25) is 0 Å². The molecule has 0 bridgehead atoms. The summed E-state index contributed by atoms with van der Waals surface area (Å²) >= 11 is 0. The molecule has 1 aromatic rings. The third-order valence-corrected chi connectivity index (χ3v) is 2.26. The quantitative estimate of drug-likeness (QED) is 0.755. The van der Waals surface area contributed by atoms with Gasteiger partial charge in [0.2, 0.25) is 0 Å². The maximum Gasteiger partial charge on any atom is 0.339 e. The van der Waals surface area contributed by atoms with Crippen LogP contribution in [-0.4, -0.2) is 23.4 Å². The van der Waals surface area contributed by atoms with Crippen LogP contribution in [0, 0.1) is 5.41 Å². The van der Waals surface area contributed by atoms with E-state index in [1.54, 1.807) is 23.0 Å². The normalized spacial score (nSPS) is 11.3. The standard InChI is InChI=1S/C13H19NO3/c1-13(2,3)7-11(15)9-14-6-5-10(8-14)12(16)17-4/h5-6,8H,7,9H2,1-4H3. The van der Waals surface area contributed by atoms with E-state index in [-0.39, 0.29) is 17.2 Å². The van der Waals surface area contributed by atoms with E-state index in [0.29, 0.717) is 18.5 Å². The van der Waals surface area contributed by atoms with Crippen LogP contribution >= 0.6 is 0 Å². The molecule has 0 aliphatic carbocycles. The van der Waals surface area contributed by atoms with Gasteiger partial charge >= 0.3 is 5.97 Å². The van der Waals surface area contributed by atoms with Crippen LogP contribution in [0.1, 0.15) is 37.6 Å².